The molecular weight excluding hydrogens is 360 g/mol. The van der Waals surface area contributed by atoms with Crippen molar-refractivity contribution in [2.75, 3.05) is 0 Å². The maximum absolute atomic E-state index is 12.9. The molecule has 3 nitrogen and oxygen atoms in total. The van der Waals surface area contributed by atoms with Crippen LogP contribution >= 0.6 is 0 Å². The summed E-state index contributed by atoms with van der Waals surface area (Å²) in [6, 6.07) is 11.3. The van der Waals surface area contributed by atoms with E-state index >= 15 is 0 Å². The van der Waals surface area contributed by atoms with Gasteiger partial charge in [-0.2, -0.15) is 0 Å². The van der Waals surface area contributed by atoms with E-state index in [0.29, 0.717) is 11.3 Å². The zero-order chi connectivity index (χ0) is 21.8. The Hall–Kier alpha value is -2.29. The number of phenols is 1. The molecule has 0 fully saturated rings. The van der Waals surface area contributed by atoms with Crippen molar-refractivity contribution in [2.45, 2.75) is 85.0 Å². The molecule has 0 bridgehead atoms. The molecule has 0 saturated heterocycles. The van der Waals surface area contributed by atoms with Crippen molar-refractivity contribution < 1.29 is 14.6 Å². The Bertz CT molecular complexity index is 799. The van der Waals surface area contributed by atoms with Crippen LogP contribution in [0.15, 0.2) is 36.4 Å². The van der Waals surface area contributed by atoms with E-state index in [2.05, 4.69) is 6.92 Å². The van der Waals surface area contributed by atoms with Crippen LogP contribution in [0.5, 0.6) is 11.5 Å². The van der Waals surface area contributed by atoms with E-state index < -0.39 is 5.97 Å². The molecule has 0 spiro atoms. The number of aromatic hydroxyl groups is 1. The number of hydrogen-bond acceptors (Lipinski definition) is 3. The monoisotopic (exact) mass is 396 g/mol. The van der Waals surface area contributed by atoms with Gasteiger partial charge in [0.2, 0.25) is 0 Å². The van der Waals surface area contributed by atoms with Gasteiger partial charge in [0.25, 0.3) is 0 Å². The second-order valence-corrected chi connectivity index (χ2v) is 9.91. The third-order valence-electron chi connectivity index (χ3n) is 5.16. The molecule has 0 aliphatic carbocycles. The van der Waals surface area contributed by atoms with Crippen LogP contribution < -0.4 is 4.74 Å². The van der Waals surface area contributed by atoms with E-state index in [9.17, 15) is 9.90 Å². The Morgan fingerprint density at radius 3 is 1.86 bits per heavy atom. The molecule has 29 heavy (non-hydrogen) atoms. The zero-order valence-electron chi connectivity index (χ0n) is 19.1. The van der Waals surface area contributed by atoms with Crippen molar-refractivity contribution in [3.63, 3.8) is 0 Å². The van der Waals surface area contributed by atoms with Gasteiger partial charge in [-0.1, -0.05) is 73.4 Å². The summed E-state index contributed by atoms with van der Waals surface area (Å²) in [5.41, 5.74) is 2.64. The molecule has 0 aliphatic rings. The van der Waals surface area contributed by atoms with Gasteiger partial charge in [-0.3, -0.25) is 0 Å². The standard InChI is InChI=1S/C26H36O3/c1-8-9-10-11-18-12-14-20(15-13-18)29-24(28)19-16-21(25(2,3)4)23(27)22(17-19)26(5,6)7/h12-17,27H,8-11H2,1-7H3. The Kier molecular flexibility index (Phi) is 7.15. The molecule has 0 saturated carbocycles. The van der Waals surface area contributed by atoms with Gasteiger partial charge in [-0.15, -0.1) is 0 Å². The average molecular weight is 397 g/mol. The van der Waals surface area contributed by atoms with Crippen molar-refractivity contribution in [1.82, 2.24) is 0 Å². The van der Waals surface area contributed by atoms with E-state index in [1.165, 1.54) is 24.8 Å². The fourth-order valence-electron chi connectivity index (χ4n) is 3.36. The molecule has 0 aliphatic heterocycles. The summed E-state index contributed by atoms with van der Waals surface area (Å²) in [6.07, 6.45) is 4.65. The smallest absolute Gasteiger partial charge is 0.343 e. The first kappa shape index (κ1) is 23.0. The number of carbonyl (C=O) groups is 1. The maximum Gasteiger partial charge on any atom is 0.343 e. The predicted molar refractivity (Wildman–Crippen MR) is 120 cm³/mol. The van der Waals surface area contributed by atoms with Crippen LogP contribution in [0.1, 0.15) is 94.8 Å². The van der Waals surface area contributed by atoms with E-state index in [0.717, 1.165) is 17.5 Å². The normalized spacial score (nSPS) is 12.1. The van der Waals surface area contributed by atoms with E-state index in [-0.39, 0.29) is 16.6 Å². The highest BCUT2D eigenvalue weighted by molar-refractivity contribution is 5.92. The first-order valence-electron chi connectivity index (χ1n) is 10.6. The van der Waals surface area contributed by atoms with Crippen molar-refractivity contribution in [2.24, 2.45) is 0 Å². The summed E-state index contributed by atoms with van der Waals surface area (Å²) in [6.45, 7) is 14.4. The third-order valence-corrected chi connectivity index (χ3v) is 5.16. The largest absolute Gasteiger partial charge is 0.507 e. The average Bonchev–Trinajstić information content (AvgIpc) is 2.61. The van der Waals surface area contributed by atoms with Crippen LogP contribution in [-0.2, 0) is 17.3 Å². The van der Waals surface area contributed by atoms with Crippen LogP contribution in [0, 0.1) is 0 Å². The van der Waals surface area contributed by atoms with Crippen LogP contribution in [0.4, 0.5) is 0 Å². The number of rotatable bonds is 6. The molecule has 0 unspecified atom stereocenters. The lowest BCUT2D eigenvalue weighted by Gasteiger charge is -2.27. The molecule has 158 valence electrons. The summed E-state index contributed by atoms with van der Waals surface area (Å²) < 4.78 is 5.64. The summed E-state index contributed by atoms with van der Waals surface area (Å²) in [4.78, 5) is 12.9. The second kappa shape index (κ2) is 9.02. The number of unbranched alkanes of at least 4 members (excludes halogenated alkanes) is 2. The van der Waals surface area contributed by atoms with E-state index in [1.54, 1.807) is 12.1 Å². The minimum atomic E-state index is -0.403. The number of esters is 1. The summed E-state index contributed by atoms with van der Waals surface area (Å²) in [7, 11) is 0. The quantitative estimate of drug-likeness (QED) is 0.327. The highest BCUT2D eigenvalue weighted by Crippen LogP contribution is 2.40. The van der Waals surface area contributed by atoms with Gasteiger partial charge in [0.05, 0.1) is 5.56 Å². The number of phenolic OH excluding ortho intramolecular Hbond substituents is 1. The molecule has 2 aromatic rings. The number of hydrogen-bond donors (Lipinski definition) is 1. The summed E-state index contributed by atoms with van der Waals surface area (Å²) in [5.74, 6) is 0.398. The molecule has 0 amide bonds. The van der Waals surface area contributed by atoms with Crippen LogP contribution in [0.3, 0.4) is 0 Å². The van der Waals surface area contributed by atoms with Gasteiger partial charge in [0.1, 0.15) is 11.5 Å². The number of carbonyl (C=O) groups excluding carboxylic acids is 1. The molecule has 0 heterocycles. The summed E-state index contributed by atoms with van der Waals surface area (Å²) >= 11 is 0. The minimum absolute atomic E-state index is 0.262. The lowest BCUT2D eigenvalue weighted by Crippen LogP contribution is -2.20. The van der Waals surface area contributed by atoms with Gasteiger partial charge < -0.3 is 9.84 Å². The molecule has 3 heteroatoms. The number of aryl methyl sites for hydroxylation is 1. The zero-order valence-corrected chi connectivity index (χ0v) is 19.1. The highest BCUT2D eigenvalue weighted by atomic mass is 16.5. The van der Waals surface area contributed by atoms with E-state index in [4.69, 9.17) is 4.74 Å². The first-order chi connectivity index (χ1) is 13.4. The Morgan fingerprint density at radius 2 is 1.41 bits per heavy atom. The van der Waals surface area contributed by atoms with Crippen molar-refractivity contribution in [3.8, 4) is 11.5 Å². The molecule has 0 radical (unpaired) electrons. The van der Waals surface area contributed by atoms with Crippen LogP contribution in [0.2, 0.25) is 0 Å². The van der Waals surface area contributed by atoms with Gasteiger partial charge in [0, 0.05) is 11.1 Å². The predicted octanol–water partition coefficient (Wildman–Crippen LogP) is 6.94. The Morgan fingerprint density at radius 1 is 0.897 bits per heavy atom. The molecule has 0 aromatic heterocycles. The van der Waals surface area contributed by atoms with Gasteiger partial charge in [-0.25, -0.2) is 4.79 Å². The molecule has 2 rings (SSSR count). The molecular formula is C26H36O3. The minimum Gasteiger partial charge on any atom is -0.507 e. The lowest BCUT2D eigenvalue weighted by atomic mass is 9.78. The highest BCUT2D eigenvalue weighted by Gasteiger charge is 2.28. The topological polar surface area (TPSA) is 46.5 Å². The van der Waals surface area contributed by atoms with Crippen molar-refractivity contribution in [1.29, 1.82) is 0 Å². The summed E-state index contributed by atoms with van der Waals surface area (Å²) in [5, 5.41) is 10.8. The fourth-order valence-corrected chi connectivity index (χ4v) is 3.36. The molecule has 1 N–H and O–H groups in total. The van der Waals surface area contributed by atoms with Gasteiger partial charge >= 0.3 is 5.97 Å². The van der Waals surface area contributed by atoms with Gasteiger partial charge in [0.15, 0.2) is 0 Å². The SMILES string of the molecule is CCCCCc1ccc(OC(=O)c2cc(C(C)(C)C)c(O)c(C(C)(C)C)c2)cc1. The van der Waals surface area contributed by atoms with Crippen LogP contribution in [-0.4, -0.2) is 11.1 Å². The number of benzene rings is 2. The fraction of sp³-hybridized carbons (Fsp3) is 0.500. The number of ether oxygens (including phenoxy) is 1. The first-order valence-corrected chi connectivity index (χ1v) is 10.6. The third kappa shape index (κ3) is 6.09. The van der Waals surface area contributed by atoms with Crippen LogP contribution in [0.25, 0.3) is 0 Å². The second-order valence-electron chi connectivity index (χ2n) is 9.91. The van der Waals surface area contributed by atoms with Crippen molar-refractivity contribution >= 4 is 5.97 Å². The maximum atomic E-state index is 12.9. The molecule has 2 aromatic carbocycles. The Balaban J connectivity index is 2.28. The van der Waals surface area contributed by atoms with E-state index in [1.807, 2.05) is 65.8 Å². The van der Waals surface area contributed by atoms with Gasteiger partial charge in [-0.05, 0) is 53.5 Å². The Labute approximate surface area is 176 Å². The lowest BCUT2D eigenvalue weighted by molar-refractivity contribution is 0.0734. The van der Waals surface area contributed by atoms with Crippen molar-refractivity contribution in [3.05, 3.63) is 58.7 Å². The molecule has 0 atom stereocenters.